The van der Waals surface area contributed by atoms with Crippen molar-refractivity contribution in [3.8, 4) is 11.8 Å². The second-order valence-electron chi connectivity index (χ2n) is 5.49. The first-order chi connectivity index (χ1) is 12.9. The molecule has 2 rings (SSSR count). The van der Waals surface area contributed by atoms with Crippen LogP contribution < -0.4 is 10.1 Å². The maximum absolute atomic E-state index is 12.2. The van der Waals surface area contributed by atoms with Crippen LogP contribution in [-0.4, -0.2) is 25.1 Å². The largest absolute Gasteiger partial charge is 0.497 e. The van der Waals surface area contributed by atoms with E-state index >= 15 is 0 Å². The number of methoxy groups -OCH3 is 1. The van der Waals surface area contributed by atoms with E-state index in [0.717, 1.165) is 0 Å². The van der Waals surface area contributed by atoms with E-state index in [-0.39, 0.29) is 5.57 Å². The van der Waals surface area contributed by atoms with E-state index < -0.39 is 18.0 Å². The van der Waals surface area contributed by atoms with Crippen molar-refractivity contribution in [3.05, 3.63) is 64.7 Å². The average Bonchev–Trinajstić information content (AvgIpc) is 2.66. The first-order valence-electron chi connectivity index (χ1n) is 7.96. The highest BCUT2D eigenvalue weighted by atomic mass is 35.5. The number of carbonyl (C=O) groups excluding carboxylic acids is 2. The van der Waals surface area contributed by atoms with Gasteiger partial charge in [-0.05, 0) is 48.9 Å². The van der Waals surface area contributed by atoms with Crippen molar-refractivity contribution in [2.24, 2.45) is 0 Å². The molecule has 0 aromatic heterocycles. The monoisotopic (exact) mass is 384 g/mol. The van der Waals surface area contributed by atoms with Gasteiger partial charge in [0.1, 0.15) is 17.4 Å². The van der Waals surface area contributed by atoms with Crippen LogP contribution in [0.2, 0.25) is 5.02 Å². The number of ether oxygens (including phenoxy) is 2. The molecular formula is C20H17ClN2O4. The van der Waals surface area contributed by atoms with Crippen LogP contribution in [0.4, 0.5) is 5.69 Å². The third-order valence-corrected chi connectivity index (χ3v) is 3.75. The molecule has 0 saturated carbocycles. The standard InChI is InChI=1S/C20H17ClN2O4/c1-13(19(24)23-17-5-3-4-16(21)11-17)27-20(25)15(12-22)10-14-6-8-18(26-2)9-7-14/h3-11,13H,1-2H3,(H,23,24)/b15-10+/t13-/m1/s1. The van der Waals surface area contributed by atoms with Crippen molar-refractivity contribution >= 4 is 35.2 Å². The summed E-state index contributed by atoms with van der Waals surface area (Å²) in [5.41, 5.74) is 0.882. The van der Waals surface area contributed by atoms with Crippen LogP contribution in [0.3, 0.4) is 0 Å². The normalized spacial score (nSPS) is 11.9. The molecule has 0 spiro atoms. The molecule has 1 amide bonds. The summed E-state index contributed by atoms with van der Waals surface area (Å²) in [6, 6.07) is 15.2. The Balaban J connectivity index is 2.03. The molecule has 6 nitrogen and oxygen atoms in total. The minimum atomic E-state index is -1.09. The molecule has 0 bridgehead atoms. The van der Waals surface area contributed by atoms with Crippen molar-refractivity contribution in [1.82, 2.24) is 0 Å². The van der Waals surface area contributed by atoms with Gasteiger partial charge in [-0.3, -0.25) is 4.79 Å². The molecule has 2 aromatic rings. The molecule has 0 unspecified atom stereocenters. The fourth-order valence-corrected chi connectivity index (χ4v) is 2.28. The summed E-state index contributed by atoms with van der Waals surface area (Å²) in [7, 11) is 1.54. The number of nitrogens with zero attached hydrogens (tertiary/aromatic N) is 1. The number of hydrogen-bond donors (Lipinski definition) is 1. The molecule has 1 N–H and O–H groups in total. The number of esters is 1. The van der Waals surface area contributed by atoms with Gasteiger partial charge < -0.3 is 14.8 Å². The molecule has 0 aliphatic heterocycles. The second kappa shape index (κ2) is 9.41. The Bertz CT molecular complexity index is 901. The first kappa shape index (κ1) is 20.0. The van der Waals surface area contributed by atoms with Gasteiger partial charge in [0, 0.05) is 10.7 Å². The number of halogens is 1. The third-order valence-electron chi connectivity index (χ3n) is 3.51. The van der Waals surface area contributed by atoms with Crippen LogP contribution in [-0.2, 0) is 14.3 Å². The summed E-state index contributed by atoms with van der Waals surface area (Å²) in [6.45, 7) is 1.42. The number of benzene rings is 2. The number of nitrogens with one attached hydrogen (secondary N) is 1. The smallest absolute Gasteiger partial charge is 0.349 e. The van der Waals surface area contributed by atoms with Gasteiger partial charge in [0.2, 0.25) is 0 Å². The Labute approximate surface area is 162 Å². The molecule has 27 heavy (non-hydrogen) atoms. The zero-order valence-electron chi connectivity index (χ0n) is 14.7. The summed E-state index contributed by atoms with van der Waals surface area (Å²) < 4.78 is 10.1. The Morgan fingerprint density at radius 1 is 1.22 bits per heavy atom. The molecule has 0 aliphatic rings. The Kier molecular flexibility index (Phi) is 6.98. The number of hydrogen-bond acceptors (Lipinski definition) is 5. The highest BCUT2D eigenvalue weighted by Crippen LogP contribution is 2.17. The molecule has 0 radical (unpaired) electrons. The van der Waals surface area contributed by atoms with Crippen LogP contribution in [0.25, 0.3) is 6.08 Å². The van der Waals surface area contributed by atoms with E-state index in [1.165, 1.54) is 13.0 Å². The topological polar surface area (TPSA) is 88.4 Å². The fourth-order valence-electron chi connectivity index (χ4n) is 2.09. The maximum atomic E-state index is 12.2. The van der Waals surface area contributed by atoms with E-state index in [1.807, 2.05) is 0 Å². The minimum Gasteiger partial charge on any atom is -0.497 e. The summed E-state index contributed by atoms with van der Waals surface area (Å²) in [5, 5.41) is 12.3. The van der Waals surface area contributed by atoms with Crippen molar-refractivity contribution in [3.63, 3.8) is 0 Å². The molecule has 1 atom stereocenters. The lowest BCUT2D eigenvalue weighted by molar-refractivity contribution is -0.148. The number of amides is 1. The lowest BCUT2D eigenvalue weighted by atomic mass is 10.1. The van der Waals surface area contributed by atoms with E-state index in [0.29, 0.717) is 22.0 Å². The van der Waals surface area contributed by atoms with Crippen molar-refractivity contribution in [2.45, 2.75) is 13.0 Å². The van der Waals surface area contributed by atoms with Crippen LogP contribution in [0, 0.1) is 11.3 Å². The van der Waals surface area contributed by atoms with Gasteiger partial charge in [0.25, 0.3) is 5.91 Å². The van der Waals surface area contributed by atoms with Gasteiger partial charge in [0.05, 0.1) is 7.11 Å². The zero-order chi connectivity index (χ0) is 19.8. The van der Waals surface area contributed by atoms with E-state index in [2.05, 4.69) is 5.32 Å². The van der Waals surface area contributed by atoms with Crippen molar-refractivity contribution in [2.75, 3.05) is 12.4 Å². The molecule has 138 valence electrons. The molecule has 2 aromatic carbocycles. The minimum absolute atomic E-state index is 0.220. The van der Waals surface area contributed by atoms with E-state index in [4.69, 9.17) is 21.1 Å². The highest BCUT2D eigenvalue weighted by molar-refractivity contribution is 6.30. The molecule has 0 aliphatic carbocycles. The second-order valence-corrected chi connectivity index (χ2v) is 5.93. The summed E-state index contributed by atoms with van der Waals surface area (Å²) in [6.07, 6.45) is 0.285. The van der Waals surface area contributed by atoms with Gasteiger partial charge in [0.15, 0.2) is 6.10 Å². The highest BCUT2D eigenvalue weighted by Gasteiger charge is 2.20. The van der Waals surface area contributed by atoms with Gasteiger partial charge in [-0.25, -0.2) is 4.79 Å². The Hall–Kier alpha value is -3.30. The lowest BCUT2D eigenvalue weighted by Crippen LogP contribution is -2.30. The number of carbonyl (C=O) groups is 2. The predicted molar refractivity (Wildman–Crippen MR) is 102 cm³/mol. The van der Waals surface area contributed by atoms with E-state index in [1.54, 1.807) is 61.7 Å². The maximum Gasteiger partial charge on any atom is 0.349 e. The lowest BCUT2D eigenvalue weighted by Gasteiger charge is -2.13. The van der Waals surface area contributed by atoms with Gasteiger partial charge in [-0.15, -0.1) is 0 Å². The van der Waals surface area contributed by atoms with Gasteiger partial charge in [-0.1, -0.05) is 29.8 Å². The number of nitriles is 1. The van der Waals surface area contributed by atoms with E-state index in [9.17, 15) is 14.9 Å². The summed E-state index contributed by atoms with van der Waals surface area (Å²) in [5.74, 6) is -0.769. The number of rotatable bonds is 6. The molecule has 0 heterocycles. The van der Waals surface area contributed by atoms with Gasteiger partial charge >= 0.3 is 5.97 Å². The predicted octanol–water partition coefficient (Wildman–Crippen LogP) is 3.83. The SMILES string of the molecule is COc1ccc(/C=C(\C#N)C(=O)O[C@H](C)C(=O)Nc2cccc(Cl)c2)cc1. The Morgan fingerprint density at radius 3 is 2.52 bits per heavy atom. The molecule has 0 fully saturated rings. The van der Waals surface area contributed by atoms with Crippen LogP contribution in [0.1, 0.15) is 12.5 Å². The Morgan fingerprint density at radius 2 is 1.93 bits per heavy atom. The zero-order valence-corrected chi connectivity index (χ0v) is 15.5. The average molecular weight is 385 g/mol. The van der Waals surface area contributed by atoms with Crippen molar-refractivity contribution < 1.29 is 19.1 Å². The molecule has 7 heteroatoms. The third kappa shape index (κ3) is 5.87. The quantitative estimate of drug-likeness (QED) is 0.464. The molecule has 0 saturated heterocycles. The van der Waals surface area contributed by atoms with Gasteiger partial charge in [-0.2, -0.15) is 5.26 Å². The van der Waals surface area contributed by atoms with Crippen LogP contribution >= 0.6 is 11.6 Å². The summed E-state index contributed by atoms with van der Waals surface area (Å²) >= 11 is 5.86. The van der Waals surface area contributed by atoms with Crippen LogP contribution in [0.5, 0.6) is 5.75 Å². The molecular weight excluding hydrogens is 368 g/mol. The number of anilines is 1. The van der Waals surface area contributed by atoms with Crippen LogP contribution in [0.15, 0.2) is 54.1 Å². The first-order valence-corrected chi connectivity index (χ1v) is 8.34. The van der Waals surface area contributed by atoms with Crippen molar-refractivity contribution in [1.29, 1.82) is 5.26 Å². The fraction of sp³-hybridized carbons (Fsp3) is 0.150. The summed E-state index contributed by atoms with van der Waals surface area (Å²) in [4.78, 5) is 24.3.